The first kappa shape index (κ1) is 14.9. The van der Waals surface area contributed by atoms with E-state index in [1.165, 1.54) is 6.07 Å². The molecule has 1 amide bonds. The van der Waals surface area contributed by atoms with Gasteiger partial charge in [0.2, 0.25) is 5.91 Å². The van der Waals surface area contributed by atoms with Gasteiger partial charge < -0.3 is 11.1 Å². The van der Waals surface area contributed by atoms with Crippen molar-refractivity contribution in [3.05, 3.63) is 35.6 Å². The van der Waals surface area contributed by atoms with Crippen LogP contribution in [0.4, 0.5) is 4.39 Å². The first-order valence-corrected chi connectivity index (χ1v) is 4.91. The molecule has 0 aliphatic carbocycles. The lowest BCUT2D eigenvalue weighted by Crippen LogP contribution is -2.39. The normalized spacial score (nSPS) is 11.4. The zero-order valence-electron chi connectivity index (χ0n) is 9.07. The highest BCUT2D eigenvalue weighted by Gasteiger charge is 2.10. The van der Waals surface area contributed by atoms with Crippen LogP contribution in [-0.4, -0.2) is 11.9 Å². The minimum absolute atomic E-state index is 0. The molecule has 3 nitrogen and oxygen atoms in total. The molecule has 0 aliphatic rings. The smallest absolute Gasteiger partial charge is 0.237 e. The van der Waals surface area contributed by atoms with E-state index in [0.29, 0.717) is 12.0 Å². The van der Waals surface area contributed by atoms with Gasteiger partial charge in [0.1, 0.15) is 5.82 Å². The lowest BCUT2D eigenvalue weighted by Gasteiger charge is -2.10. The summed E-state index contributed by atoms with van der Waals surface area (Å²) in [5.74, 6) is -0.566. The van der Waals surface area contributed by atoms with E-state index in [9.17, 15) is 9.18 Å². The van der Waals surface area contributed by atoms with E-state index in [1.807, 2.05) is 6.92 Å². The standard InChI is InChI=1S/C11H15FN2O.ClH/c1-2-10(13)11(15)14-7-8-5-3-4-6-9(8)12;/h3-6,10H,2,7,13H2,1H3,(H,14,15);1H/t10-;/m0./s1. The number of benzene rings is 1. The van der Waals surface area contributed by atoms with Gasteiger partial charge in [-0.3, -0.25) is 4.79 Å². The van der Waals surface area contributed by atoms with Gasteiger partial charge in [0.15, 0.2) is 0 Å². The SMILES string of the molecule is CC[C@H](N)C(=O)NCc1ccccc1F.Cl. The molecular weight excluding hydrogens is 231 g/mol. The average molecular weight is 247 g/mol. The van der Waals surface area contributed by atoms with Crippen molar-refractivity contribution >= 4 is 18.3 Å². The monoisotopic (exact) mass is 246 g/mol. The van der Waals surface area contributed by atoms with Crippen LogP contribution < -0.4 is 11.1 Å². The van der Waals surface area contributed by atoms with Crippen molar-refractivity contribution < 1.29 is 9.18 Å². The fourth-order valence-corrected chi connectivity index (χ4v) is 1.14. The van der Waals surface area contributed by atoms with E-state index in [1.54, 1.807) is 18.2 Å². The molecule has 3 N–H and O–H groups in total. The Morgan fingerprint density at radius 3 is 2.69 bits per heavy atom. The molecule has 5 heteroatoms. The molecule has 0 bridgehead atoms. The van der Waals surface area contributed by atoms with Crippen LogP contribution in [0.15, 0.2) is 24.3 Å². The first-order valence-electron chi connectivity index (χ1n) is 4.91. The fraction of sp³-hybridized carbons (Fsp3) is 0.364. The summed E-state index contributed by atoms with van der Waals surface area (Å²) in [6.07, 6.45) is 0.573. The van der Waals surface area contributed by atoms with Crippen molar-refractivity contribution in [1.29, 1.82) is 0 Å². The predicted octanol–water partition coefficient (Wildman–Crippen LogP) is 1.60. The van der Waals surface area contributed by atoms with Crippen molar-refractivity contribution in [2.45, 2.75) is 25.9 Å². The van der Waals surface area contributed by atoms with E-state index in [2.05, 4.69) is 5.32 Å². The maximum atomic E-state index is 13.1. The van der Waals surface area contributed by atoms with Crippen molar-refractivity contribution in [3.8, 4) is 0 Å². The number of amides is 1. The van der Waals surface area contributed by atoms with Crippen molar-refractivity contribution in [2.75, 3.05) is 0 Å². The number of halogens is 2. The zero-order chi connectivity index (χ0) is 11.3. The minimum atomic E-state index is -0.517. The lowest BCUT2D eigenvalue weighted by molar-refractivity contribution is -0.122. The van der Waals surface area contributed by atoms with E-state index >= 15 is 0 Å². The molecule has 1 rings (SSSR count). The third-order valence-corrected chi connectivity index (χ3v) is 2.19. The summed E-state index contributed by atoms with van der Waals surface area (Å²) in [6, 6.07) is 5.81. The maximum absolute atomic E-state index is 13.1. The Kier molecular flexibility index (Phi) is 6.69. The summed E-state index contributed by atoms with van der Waals surface area (Å²) in [6.45, 7) is 2.01. The molecule has 16 heavy (non-hydrogen) atoms. The molecule has 1 atom stereocenters. The van der Waals surface area contributed by atoms with E-state index in [0.717, 1.165) is 0 Å². The molecule has 0 radical (unpaired) electrons. The van der Waals surface area contributed by atoms with Crippen molar-refractivity contribution in [2.24, 2.45) is 5.73 Å². The zero-order valence-corrected chi connectivity index (χ0v) is 9.89. The molecule has 0 aromatic heterocycles. The fourth-order valence-electron chi connectivity index (χ4n) is 1.14. The number of carbonyl (C=O) groups is 1. The quantitative estimate of drug-likeness (QED) is 0.848. The molecule has 0 aliphatic heterocycles. The molecular formula is C11H16ClFN2O. The third-order valence-electron chi connectivity index (χ3n) is 2.19. The molecule has 0 spiro atoms. The van der Waals surface area contributed by atoms with Crippen LogP contribution in [-0.2, 0) is 11.3 Å². The van der Waals surface area contributed by atoms with Gasteiger partial charge in [-0.2, -0.15) is 0 Å². The van der Waals surface area contributed by atoms with E-state index in [-0.39, 0.29) is 30.7 Å². The summed E-state index contributed by atoms with van der Waals surface area (Å²) >= 11 is 0. The summed E-state index contributed by atoms with van der Waals surface area (Å²) in [7, 11) is 0. The van der Waals surface area contributed by atoms with E-state index in [4.69, 9.17) is 5.73 Å². The van der Waals surface area contributed by atoms with Crippen LogP contribution in [0, 0.1) is 5.82 Å². The van der Waals surface area contributed by atoms with Gasteiger partial charge in [0.05, 0.1) is 6.04 Å². The Morgan fingerprint density at radius 1 is 1.50 bits per heavy atom. The van der Waals surface area contributed by atoms with Gasteiger partial charge in [0.25, 0.3) is 0 Å². The second-order valence-corrected chi connectivity index (χ2v) is 3.32. The molecule has 1 aromatic carbocycles. The summed E-state index contributed by atoms with van der Waals surface area (Å²) in [4.78, 5) is 11.3. The number of rotatable bonds is 4. The highest BCUT2D eigenvalue weighted by atomic mass is 35.5. The van der Waals surface area contributed by atoms with Gasteiger partial charge in [0, 0.05) is 12.1 Å². The molecule has 1 aromatic rings. The number of nitrogens with one attached hydrogen (secondary N) is 1. The highest BCUT2D eigenvalue weighted by molar-refractivity contribution is 5.85. The van der Waals surface area contributed by atoms with Crippen molar-refractivity contribution in [3.63, 3.8) is 0 Å². The van der Waals surface area contributed by atoms with Crippen LogP contribution >= 0.6 is 12.4 Å². The topological polar surface area (TPSA) is 55.1 Å². The number of nitrogens with two attached hydrogens (primary N) is 1. The van der Waals surface area contributed by atoms with Gasteiger partial charge >= 0.3 is 0 Å². The summed E-state index contributed by atoms with van der Waals surface area (Å²) in [5, 5.41) is 2.59. The van der Waals surface area contributed by atoms with Gasteiger partial charge in [-0.1, -0.05) is 25.1 Å². The summed E-state index contributed by atoms with van der Waals surface area (Å²) in [5.41, 5.74) is 5.98. The van der Waals surface area contributed by atoms with Crippen molar-refractivity contribution in [1.82, 2.24) is 5.32 Å². The molecule has 0 heterocycles. The maximum Gasteiger partial charge on any atom is 0.237 e. The van der Waals surface area contributed by atoms with Crippen LogP contribution in [0.2, 0.25) is 0 Å². The number of hydrogen-bond donors (Lipinski definition) is 2. The molecule has 0 saturated heterocycles. The van der Waals surface area contributed by atoms with Crippen LogP contribution in [0.3, 0.4) is 0 Å². The summed E-state index contributed by atoms with van der Waals surface area (Å²) < 4.78 is 13.1. The highest BCUT2D eigenvalue weighted by Crippen LogP contribution is 2.05. The molecule has 0 fully saturated rings. The lowest BCUT2D eigenvalue weighted by atomic mass is 10.2. The first-order chi connectivity index (χ1) is 7.15. The van der Waals surface area contributed by atoms with Gasteiger partial charge in [-0.25, -0.2) is 4.39 Å². The Hall–Kier alpha value is -1.13. The Morgan fingerprint density at radius 2 is 2.12 bits per heavy atom. The van der Waals surface area contributed by atoms with E-state index < -0.39 is 6.04 Å². The minimum Gasteiger partial charge on any atom is -0.351 e. The molecule has 0 unspecified atom stereocenters. The average Bonchev–Trinajstić information content (AvgIpc) is 2.26. The Bertz CT molecular complexity index is 347. The number of hydrogen-bond acceptors (Lipinski definition) is 2. The largest absolute Gasteiger partial charge is 0.351 e. The third kappa shape index (κ3) is 4.16. The second kappa shape index (κ2) is 7.19. The molecule has 90 valence electrons. The Balaban J connectivity index is 0.00000225. The predicted molar refractivity (Wildman–Crippen MR) is 63.8 cm³/mol. The Labute approximate surface area is 101 Å². The second-order valence-electron chi connectivity index (χ2n) is 3.32. The van der Waals surface area contributed by atoms with Crippen LogP contribution in [0.1, 0.15) is 18.9 Å². The van der Waals surface area contributed by atoms with Gasteiger partial charge in [-0.05, 0) is 12.5 Å². The van der Waals surface area contributed by atoms with Gasteiger partial charge in [-0.15, -0.1) is 12.4 Å². The number of carbonyl (C=O) groups excluding carboxylic acids is 1. The van der Waals surface area contributed by atoms with Crippen LogP contribution in [0.5, 0.6) is 0 Å². The molecule has 0 saturated carbocycles. The van der Waals surface area contributed by atoms with Crippen LogP contribution in [0.25, 0.3) is 0 Å².